The molecule has 0 heterocycles. The lowest BCUT2D eigenvalue weighted by Crippen LogP contribution is -2.10. The van der Waals surface area contributed by atoms with Crippen LogP contribution < -0.4 is 14.2 Å². The summed E-state index contributed by atoms with van der Waals surface area (Å²) in [5.41, 5.74) is 1.25. The Balaban J connectivity index is 3.21. The molecule has 0 aliphatic heterocycles. The number of aryl methyl sites for hydroxylation is 1. The molecule has 0 spiro atoms. The van der Waals surface area contributed by atoms with Gasteiger partial charge in [-0.2, -0.15) is 0 Å². The summed E-state index contributed by atoms with van der Waals surface area (Å²) in [6, 6.07) is 3.31. The number of benzene rings is 1. The maximum absolute atomic E-state index is 11.1. The van der Waals surface area contributed by atoms with Gasteiger partial charge in [-0.3, -0.25) is 4.72 Å². The Morgan fingerprint density at radius 1 is 1.12 bits per heavy atom. The van der Waals surface area contributed by atoms with Crippen molar-refractivity contribution >= 4 is 15.7 Å². The van der Waals surface area contributed by atoms with Crippen LogP contribution in [0.4, 0.5) is 5.69 Å². The van der Waals surface area contributed by atoms with Gasteiger partial charge in [-0.25, -0.2) is 8.42 Å². The molecule has 0 aromatic heterocycles. The Bertz CT molecular complexity index is 482. The second-order valence-electron chi connectivity index (χ2n) is 3.40. The monoisotopic (exact) mass is 245 g/mol. The zero-order valence-corrected chi connectivity index (χ0v) is 10.5. The smallest absolute Gasteiger partial charge is 0.229 e. The topological polar surface area (TPSA) is 64.6 Å². The number of ether oxygens (including phenoxy) is 2. The van der Waals surface area contributed by atoms with E-state index in [9.17, 15) is 8.42 Å². The third-order valence-electron chi connectivity index (χ3n) is 2.03. The van der Waals surface area contributed by atoms with Gasteiger partial charge >= 0.3 is 0 Å². The van der Waals surface area contributed by atoms with Gasteiger partial charge in [0.1, 0.15) is 0 Å². The summed E-state index contributed by atoms with van der Waals surface area (Å²) < 4.78 is 34.8. The molecular weight excluding hydrogens is 230 g/mol. The molecular formula is C10H15NO4S. The molecule has 0 aliphatic rings. The molecule has 6 heteroatoms. The Morgan fingerprint density at radius 3 is 2.06 bits per heavy atom. The van der Waals surface area contributed by atoms with E-state index in [1.807, 2.05) is 0 Å². The summed E-state index contributed by atoms with van der Waals surface area (Å²) in [6.45, 7) is 1.79. The second-order valence-corrected chi connectivity index (χ2v) is 5.14. The average molecular weight is 245 g/mol. The van der Waals surface area contributed by atoms with Crippen LogP contribution in [0.3, 0.4) is 0 Å². The molecule has 0 unspecified atom stereocenters. The summed E-state index contributed by atoms with van der Waals surface area (Å²) in [5, 5.41) is 0. The van der Waals surface area contributed by atoms with Crippen LogP contribution in [-0.2, 0) is 10.0 Å². The maximum Gasteiger partial charge on any atom is 0.229 e. The van der Waals surface area contributed by atoms with E-state index in [-0.39, 0.29) is 0 Å². The van der Waals surface area contributed by atoms with Crippen molar-refractivity contribution in [1.82, 2.24) is 0 Å². The number of rotatable bonds is 4. The van der Waals surface area contributed by atoms with Crippen molar-refractivity contribution in [2.45, 2.75) is 6.92 Å². The quantitative estimate of drug-likeness (QED) is 0.870. The van der Waals surface area contributed by atoms with Crippen molar-refractivity contribution in [2.75, 3.05) is 25.2 Å². The number of methoxy groups -OCH3 is 2. The molecule has 1 N–H and O–H groups in total. The van der Waals surface area contributed by atoms with Gasteiger partial charge in [-0.05, 0) is 18.6 Å². The maximum atomic E-state index is 11.1. The number of hydrogen-bond acceptors (Lipinski definition) is 4. The van der Waals surface area contributed by atoms with Crippen LogP contribution in [0.15, 0.2) is 12.1 Å². The first-order valence-corrected chi connectivity index (χ1v) is 6.47. The fourth-order valence-electron chi connectivity index (χ4n) is 1.29. The highest BCUT2D eigenvalue weighted by Gasteiger charge is 2.11. The number of anilines is 1. The van der Waals surface area contributed by atoms with Crippen molar-refractivity contribution in [1.29, 1.82) is 0 Å². The van der Waals surface area contributed by atoms with Crippen molar-refractivity contribution in [3.05, 3.63) is 17.7 Å². The second kappa shape index (κ2) is 4.61. The molecule has 0 radical (unpaired) electrons. The summed E-state index contributed by atoms with van der Waals surface area (Å²) in [5.74, 6) is 1.05. The molecule has 1 aromatic carbocycles. The molecule has 1 rings (SSSR count). The van der Waals surface area contributed by atoms with Crippen LogP contribution in [-0.4, -0.2) is 28.9 Å². The fraction of sp³-hybridized carbons (Fsp3) is 0.400. The van der Waals surface area contributed by atoms with Crippen LogP contribution in [0.1, 0.15) is 5.56 Å². The summed E-state index contributed by atoms with van der Waals surface area (Å²) in [7, 11) is -0.264. The zero-order chi connectivity index (χ0) is 12.3. The van der Waals surface area contributed by atoms with Gasteiger partial charge in [-0.1, -0.05) is 0 Å². The number of hydrogen-bond donors (Lipinski definition) is 1. The molecule has 0 aliphatic carbocycles. The summed E-state index contributed by atoms with van der Waals surface area (Å²) >= 11 is 0. The summed E-state index contributed by atoms with van der Waals surface area (Å²) in [4.78, 5) is 0. The van der Waals surface area contributed by atoms with E-state index in [4.69, 9.17) is 9.47 Å². The van der Waals surface area contributed by atoms with Gasteiger partial charge in [0, 0.05) is 6.07 Å². The predicted molar refractivity (Wildman–Crippen MR) is 62.7 cm³/mol. The predicted octanol–water partition coefficient (Wildman–Crippen LogP) is 1.38. The summed E-state index contributed by atoms with van der Waals surface area (Å²) in [6.07, 6.45) is 1.10. The first-order chi connectivity index (χ1) is 7.37. The Kier molecular flexibility index (Phi) is 3.64. The highest BCUT2D eigenvalue weighted by molar-refractivity contribution is 7.92. The van der Waals surface area contributed by atoms with E-state index in [0.717, 1.165) is 11.8 Å². The largest absolute Gasteiger partial charge is 0.493 e. The van der Waals surface area contributed by atoms with Crippen molar-refractivity contribution in [2.24, 2.45) is 0 Å². The number of nitrogens with one attached hydrogen (secondary N) is 1. The minimum absolute atomic E-state index is 0.485. The molecule has 0 atom stereocenters. The van der Waals surface area contributed by atoms with Gasteiger partial charge < -0.3 is 9.47 Å². The van der Waals surface area contributed by atoms with E-state index in [2.05, 4.69) is 4.72 Å². The van der Waals surface area contributed by atoms with Crippen molar-refractivity contribution in [3.8, 4) is 11.5 Å². The molecule has 0 amide bonds. The van der Waals surface area contributed by atoms with Crippen LogP contribution in [0.2, 0.25) is 0 Å². The molecule has 1 aromatic rings. The Hall–Kier alpha value is -1.43. The minimum atomic E-state index is -3.29. The normalized spacial score (nSPS) is 11.0. The first-order valence-electron chi connectivity index (χ1n) is 4.58. The molecule has 5 nitrogen and oxygen atoms in total. The SMILES string of the molecule is COc1cc(C)c(NS(C)(=O)=O)cc1OC. The van der Waals surface area contributed by atoms with E-state index >= 15 is 0 Å². The third kappa shape index (κ3) is 3.03. The van der Waals surface area contributed by atoms with Crippen molar-refractivity contribution < 1.29 is 17.9 Å². The molecule has 16 heavy (non-hydrogen) atoms. The van der Waals surface area contributed by atoms with E-state index in [0.29, 0.717) is 17.2 Å². The molecule has 0 saturated heterocycles. The molecule has 0 fully saturated rings. The van der Waals surface area contributed by atoms with Gasteiger partial charge in [0.15, 0.2) is 11.5 Å². The zero-order valence-electron chi connectivity index (χ0n) is 9.70. The highest BCUT2D eigenvalue weighted by atomic mass is 32.2. The van der Waals surface area contributed by atoms with Gasteiger partial charge in [0.25, 0.3) is 0 Å². The van der Waals surface area contributed by atoms with Crippen molar-refractivity contribution in [3.63, 3.8) is 0 Å². The standard InChI is InChI=1S/C10H15NO4S/c1-7-5-9(14-2)10(15-3)6-8(7)11-16(4,12)13/h5-6,11H,1-4H3. The van der Waals surface area contributed by atoms with Gasteiger partial charge in [-0.15, -0.1) is 0 Å². The Morgan fingerprint density at radius 2 is 1.62 bits per heavy atom. The molecule has 0 bridgehead atoms. The van der Waals surface area contributed by atoms with Crippen LogP contribution in [0, 0.1) is 6.92 Å². The molecule has 90 valence electrons. The molecule has 0 saturated carbocycles. The third-order valence-corrected chi connectivity index (χ3v) is 2.62. The lowest BCUT2D eigenvalue weighted by Gasteiger charge is -2.13. The first kappa shape index (κ1) is 12.6. The van der Waals surface area contributed by atoms with Gasteiger partial charge in [0.05, 0.1) is 26.2 Å². The highest BCUT2D eigenvalue weighted by Crippen LogP contribution is 2.33. The van der Waals surface area contributed by atoms with Crippen LogP contribution in [0.25, 0.3) is 0 Å². The van der Waals surface area contributed by atoms with E-state index in [1.54, 1.807) is 19.1 Å². The van der Waals surface area contributed by atoms with Crippen LogP contribution >= 0.6 is 0 Å². The van der Waals surface area contributed by atoms with Crippen LogP contribution in [0.5, 0.6) is 11.5 Å². The lowest BCUT2D eigenvalue weighted by molar-refractivity contribution is 0.355. The van der Waals surface area contributed by atoms with Gasteiger partial charge in [0.2, 0.25) is 10.0 Å². The average Bonchev–Trinajstić information content (AvgIpc) is 2.18. The van der Waals surface area contributed by atoms with E-state index in [1.165, 1.54) is 14.2 Å². The van der Waals surface area contributed by atoms with E-state index < -0.39 is 10.0 Å². The lowest BCUT2D eigenvalue weighted by atomic mass is 10.2. The fourth-order valence-corrected chi connectivity index (χ4v) is 1.91. The minimum Gasteiger partial charge on any atom is -0.493 e. The Labute approximate surface area is 95.4 Å². The number of sulfonamides is 1.